The van der Waals surface area contributed by atoms with E-state index in [4.69, 9.17) is 6.57 Å². The first-order valence-corrected chi connectivity index (χ1v) is 10.2. The second-order valence-electron chi connectivity index (χ2n) is 6.91. The fraction of sp³-hybridized carbons (Fsp3) is 0.217. The Balaban J connectivity index is 2.11. The molecule has 0 fully saturated rings. The fourth-order valence-corrected chi connectivity index (χ4v) is 4.12. The molecule has 0 saturated heterocycles. The number of thioether (sulfide) groups is 1. The minimum Gasteiger partial charge on any atom is -0.477 e. The highest BCUT2D eigenvalue weighted by Crippen LogP contribution is 2.43. The van der Waals surface area contributed by atoms with Gasteiger partial charge in [-0.15, -0.1) is 11.8 Å². The zero-order chi connectivity index (χ0) is 20.4. The van der Waals surface area contributed by atoms with Crippen molar-refractivity contribution in [2.45, 2.75) is 24.8 Å². The van der Waals surface area contributed by atoms with Crippen LogP contribution in [0.25, 0.3) is 27.1 Å². The Morgan fingerprint density at radius 3 is 2.29 bits per heavy atom. The lowest BCUT2D eigenvalue weighted by atomic mass is 9.96. The van der Waals surface area contributed by atoms with Crippen LogP contribution in [0.15, 0.2) is 53.6 Å². The van der Waals surface area contributed by atoms with Crippen molar-refractivity contribution in [1.82, 2.24) is 4.57 Å². The normalized spacial score (nSPS) is 10.9. The van der Waals surface area contributed by atoms with Gasteiger partial charge in [-0.25, -0.2) is 9.64 Å². The number of aromatic carboxylic acids is 1. The molecular formula is C23H22N2O2S. The number of carbonyl (C=O) groups is 1. The Bertz CT molecular complexity index is 1070. The zero-order valence-corrected chi connectivity index (χ0v) is 17.2. The number of rotatable bonds is 5. The van der Waals surface area contributed by atoms with Crippen molar-refractivity contribution in [2.24, 2.45) is 7.05 Å². The molecule has 3 aromatic rings. The van der Waals surface area contributed by atoms with Gasteiger partial charge in [0, 0.05) is 12.6 Å². The highest BCUT2D eigenvalue weighted by molar-refractivity contribution is 7.98. The molecule has 0 bridgehead atoms. The van der Waals surface area contributed by atoms with Crippen LogP contribution in [0, 0.1) is 6.57 Å². The van der Waals surface area contributed by atoms with Gasteiger partial charge in [0.25, 0.3) is 0 Å². The van der Waals surface area contributed by atoms with E-state index in [0.29, 0.717) is 22.2 Å². The third-order valence-corrected chi connectivity index (χ3v) is 5.74. The van der Waals surface area contributed by atoms with Gasteiger partial charge in [-0.2, -0.15) is 0 Å². The SMILES string of the molecule is [C-]#[N+]c1c(-c2ccc(-c3cccc(C(C)C)c3)cc2)c(C(=O)O)n(C)c1SC. The summed E-state index contributed by atoms with van der Waals surface area (Å²) in [6, 6.07) is 16.2. The van der Waals surface area contributed by atoms with Crippen LogP contribution < -0.4 is 0 Å². The Kier molecular flexibility index (Phi) is 5.62. The van der Waals surface area contributed by atoms with E-state index >= 15 is 0 Å². The number of nitrogens with zero attached hydrogens (tertiary/aromatic N) is 2. The standard InChI is InChI=1S/C23H22N2O2S/c1-14(2)17-7-6-8-18(13-17)15-9-11-16(12-10-15)19-20(24-3)22(28-5)25(4)21(19)23(26)27/h6-14H,1-2,4-5H3,(H,26,27). The van der Waals surface area contributed by atoms with Crippen LogP contribution in [0.3, 0.4) is 0 Å². The summed E-state index contributed by atoms with van der Waals surface area (Å²) < 4.78 is 1.59. The number of hydrogen-bond acceptors (Lipinski definition) is 2. The van der Waals surface area contributed by atoms with E-state index in [1.807, 2.05) is 30.5 Å². The molecule has 0 amide bonds. The molecule has 1 heterocycles. The van der Waals surface area contributed by atoms with Crippen LogP contribution in [0.2, 0.25) is 0 Å². The van der Waals surface area contributed by atoms with Gasteiger partial charge in [0.15, 0.2) is 0 Å². The summed E-state index contributed by atoms with van der Waals surface area (Å²) in [6.07, 6.45) is 1.85. The number of carboxylic acids is 1. The van der Waals surface area contributed by atoms with Crippen molar-refractivity contribution < 1.29 is 9.90 Å². The second kappa shape index (κ2) is 7.95. The predicted molar refractivity (Wildman–Crippen MR) is 115 cm³/mol. The minimum absolute atomic E-state index is 0.143. The molecule has 0 aliphatic carbocycles. The summed E-state index contributed by atoms with van der Waals surface area (Å²) in [5.41, 5.74) is 5.22. The average molecular weight is 391 g/mol. The molecule has 2 aromatic carbocycles. The lowest BCUT2D eigenvalue weighted by Gasteiger charge is -2.10. The van der Waals surface area contributed by atoms with Crippen molar-refractivity contribution in [2.75, 3.05) is 6.26 Å². The molecule has 1 N–H and O–H groups in total. The van der Waals surface area contributed by atoms with Gasteiger partial charge in [0.2, 0.25) is 5.69 Å². The first-order chi connectivity index (χ1) is 13.4. The molecule has 0 radical (unpaired) electrons. The van der Waals surface area contributed by atoms with Gasteiger partial charge in [0.1, 0.15) is 5.69 Å². The highest BCUT2D eigenvalue weighted by Gasteiger charge is 2.26. The van der Waals surface area contributed by atoms with Gasteiger partial charge in [-0.05, 0) is 34.4 Å². The number of benzene rings is 2. The van der Waals surface area contributed by atoms with Crippen LogP contribution in [0.1, 0.15) is 35.8 Å². The summed E-state index contributed by atoms with van der Waals surface area (Å²) in [5, 5.41) is 10.4. The summed E-state index contributed by atoms with van der Waals surface area (Å²) in [4.78, 5) is 15.5. The number of aromatic nitrogens is 1. The predicted octanol–water partition coefficient (Wildman–Crippen LogP) is 6.45. The fourth-order valence-electron chi connectivity index (χ4n) is 3.42. The van der Waals surface area contributed by atoms with Crippen LogP contribution >= 0.6 is 11.8 Å². The van der Waals surface area contributed by atoms with Crippen molar-refractivity contribution in [1.29, 1.82) is 0 Å². The Morgan fingerprint density at radius 2 is 1.75 bits per heavy atom. The van der Waals surface area contributed by atoms with Gasteiger partial charge >= 0.3 is 5.97 Å². The van der Waals surface area contributed by atoms with E-state index in [0.717, 1.165) is 16.7 Å². The van der Waals surface area contributed by atoms with E-state index in [2.05, 4.69) is 43.0 Å². The molecule has 0 spiro atoms. The average Bonchev–Trinajstić information content (AvgIpc) is 2.99. The molecule has 4 nitrogen and oxygen atoms in total. The monoisotopic (exact) mass is 390 g/mol. The minimum atomic E-state index is -1.03. The van der Waals surface area contributed by atoms with Crippen molar-refractivity contribution in [3.05, 3.63) is 71.2 Å². The molecule has 0 aliphatic heterocycles. The van der Waals surface area contributed by atoms with Crippen LogP contribution in [-0.2, 0) is 7.05 Å². The maximum absolute atomic E-state index is 11.9. The number of carboxylic acid groups (broad SMARTS) is 1. The van der Waals surface area contributed by atoms with E-state index in [1.165, 1.54) is 17.3 Å². The third-order valence-electron chi connectivity index (χ3n) is 4.88. The lowest BCUT2D eigenvalue weighted by Crippen LogP contribution is -2.06. The van der Waals surface area contributed by atoms with Crippen molar-refractivity contribution in [3.63, 3.8) is 0 Å². The van der Waals surface area contributed by atoms with E-state index < -0.39 is 5.97 Å². The largest absolute Gasteiger partial charge is 0.477 e. The molecule has 5 heteroatoms. The second-order valence-corrected chi connectivity index (χ2v) is 7.71. The summed E-state index contributed by atoms with van der Waals surface area (Å²) in [6.45, 7) is 11.9. The molecule has 1 aromatic heterocycles. The Labute approximate surface area is 169 Å². The van der Waals surface area contributed by atoms with Crippen molar-refractivity contribution >= 4 is 23.4 Å². The molecule has 0 aliphatic rings. The Hall–Kier alpha value is -2.97. The molecular weight excluding hydrogens is 368 g/mol. The first kappa shape index (κ1) is 19.8. The molecule has 0 unspecified atom stereocenters. The molecule has 142 valence electrons. The first-order valence-electron chi connectivity index (χ1n) is 8.97. The molecule has 3 rings (SSSR count). The maximum atomic E-state index is 11.9. The molecule has 28 heavy (non-hydrogen) atoms. The Morgan fingerprint density at radius 1 is 1.11 bits per heavy atom. The summed E-state index contributed by atoms with van der Waals surface area (Å²) in [5.74, 6) is -0.579. The number of hydrogen-bond donors (Lipinski definition) is 1. The third kappa shape index (κ3) is 3.44. The highest BCUT2D eigenvalue weighted by atomic mass is 32.2. The maximum Gasteiger partial charge on any atom is 0.351 e. The quantitative estimate of drug-likeness (QED) is 0.402. The smallest absolute Gasteiger partial charge is 0.351 e. The van der Waals surface area contributed by atoms with Gasteiger partial charge in [-0.1, -0.05) is 62.4 Å². The van der Waals surface area contributed by atoms with E-state index in [9.17, 15) is 9.90 Å². The summed E-state index contributed by atoms with van der Waals surface area (Å²) in [7, 11) is 1.69. The van der Waals surface area contributed by atoms with Crippen LogP contribution in [0.5, 0.6) is 0 Å². The topological polar surface area (TPSA) is 46.6 Å². The molecule has 0 atom stereocenters. The lowest BCUT2D eigenvalue weighted by molar-refractivity contribution is 0.0686. The molecule has 0 saturated carbocycles. The zero-order valence-electron chi connectivity index (χ0n) is 16.4. The van der Waals surface area contributed by atoms with Crippen LogP contribution in [0.4, 0.5) is 5.69 Å². The van der Waals surface area contributed by atoms with Gasteiger partial charge < -0.3 is 9.67 Å². The van der Waals surface area contributed by atoms with Crippen molar-refractivity contribution in [3.8, 4) is 22.3 Å². The van der Waals surface area contributed by atoms with Crippen LogP contribution in [-0.4, -0.2) is 21.9 Å². The van der Waals surface area contributed by atoms with Gasteiger partial charge in [-0.3, -0.25) is 0 Å². The summed E-state index contributed by atoms with van der Waals surface area (Å²) >= 11 is 1.38. The van der Waals surface area contributed by atoms with Gasteiger partial charge in [0.05, 0.1) is 11.6 Å². The van der Waals surface area contributed by atoms with E-state index in [-0.39, 0.29) is 5.69 Å². The van der Waals surface area contributed by atoms with E-state index in [1.54, 1.807) is 11.6 Å².